The number of carbonyl (C=O) groups is 2. The molecule has 2 rings (SSSR count). The molecule has 0 radical (unpaired) electrons. The van der Waals surface area contributed by atoms with E-state index < -0.39 is 11.7 Å². The normalized spacial score (nSPS) is 15.4. The molecule has 1 fully saturated rings. The van der Waals surface area contributed by atoms with Gasteiger partial charge in [-0.05, 0) is 71.1 Å². The lowest BCUT2D eigenvalue weighted by Crippen LogP contribution is -2.35. The zero-order chi connectivity index (χ0) is 22.1. The third-order valence-corrected chi connectivity index (χ3v) is 4.86. The zero-order valence-electron chi connectivity index (χ0n) is 18.8. The highest BCUT2D eigenvalue weighted by molar-refractivity contribution is 5.71. The Morgan fingerprint density at radius 1 is 1.17 bits per heavy atom. The number of amides is 1. The second kappa shape index (κ2) is 11.1. The van der Waals surface area contributed by atoms with Gasteiger partial charge in [-0.1, -0.05) is 6.07 Å². The number of hydrogen-bond donors (Lipinski definition) is 1. The van der Waals surface area contributed by atoms with Crippen molar-refractivity contribution in [3.8, 4) is 11.5 Å². The SMILES string of the molecule is CCOC(=O)C[C@@H](CNC(=O)OC(C)(C)C)c1ccc(OC)c(OC2CCCC2)c1. The summed E-state index contributed by atoms with van der Waals surface area (Å²) in [7, 11) is 1.61. The summed E-state index contributed by atoms with van der Waals surface area (Å²) < 4.78 is 22.1. The molecule has 0 unspecified atom stereocenters. The average molecular weight is 422 g/mol. The van der Waals surface area contributed by atoms with Gasteiger partial charge in [-0.3, -0.25) is 4.79 Å². The summed E-state index contributed by atoms with van der Waals surface area (Å²) in [5.74, 6) is 0.713. The highest BCUT2D eigenvalue weighted by Crippen LogP contribution is 2.35. The lowest BCUT2D eigenvalue weighted by Gasteiger charge is -2.23. The van der Waals surface area contributed by atoms with Crippen molar-refractivity contribution in [3.05, 3.63) is 23.8 Å². The Balaban J connectivity index is 2.18. The standard InChI is InChI=1S/C23H35NO6/c1-6-28-21(25)14-17(15-24-22(26)30-23(2,3)4)16-11-12-19(27-5)20(13-16)29-18-9-7-8-10-18/h11-13,17-18H,6-10,14-15H2,1-5H3,(H,24,26)/t17-/m0/s1. The summed E-state index contributed by atoms with van der Waals surface area (Å²) in [6, 6.07) is 5.63. The van der Waals surface area contributed by atoms with E-state index in [0.29, 0.717) is 18.1 Å². The molecule has 0 saturated heterocycles. The summed E-state index contributed by atoms with van der Waals surface area (Å²) in [6.45, 7) is 7.73. The van der Waals surface area contributed by atoms with Crippen molar-refractivity contribution in [2.45, 2.75) is 77.4 Å². The molecule has 1 amide bonds. The van der Waals surface area contributed by atoms with Gasteiger partial charge < -0.3 is 24.3 Å². The van der Waals surface area contributed by atoms with Crippen LogP contribution in [0.2, 0.25) is 0 Å². The molecule has 0 aromatic heterocycles. The molecule has 1 aliphatic rings. The van der Waals surface area contributed by atoms with Crippen LogP contribution in [-0.4, -0.2) is 44.0 Å². The van der Waals surface area contributed by atoms with Crippen LogP contribution >= 0.6 is 0 Å². The molecule has 168 valence electrons. The van der Waals surface area contributed by atoms with Crippen molar-refractivity contribution in [2.75, 3.05) is 20.3 Å². The lowest BCUT2D eigenvalue weighted by atomic mass is 9.95. The van der Waals surface area contributed by atoms with Crippen molar-refractivity contribution < 1.29 is 28.5 Å². The number of benzene rings is 1. The number of methoxy groups -OCH3 is 1. The first-order valence-corrected chi connectivity index (χ1v) is 10.7. The minimum absolute atomic E-state index is 0.138. The molecule has 1 aromatic carbocycles. The number of hydrogen-bond acceptors (Lipinski definition) is 6. The monoisotopic (exact) mass is 421 g/mol. The fourth-order valence-corrected chi connectivity index (χ4v) is 3.47. The molecule has 1 atom stereocenters. The first kappa shape index (κ1) is 23.8. The van der Waals surface area contributed by atoms with Crippen molar-refractivity contribution in [3.63, 3.8) is 0 Å². The summed E-state index contributed by atoms with van der Waals surface area (Å²) in [5, 5.41) is 2.77. The van der Waals surface area contributed by atoms with E-state index in [2.05, 4.69) is 5.32 Å². The maximum Gasteiger partial charge on any atom is 0.407 e. The van der Waals surface area contributed by atoms with Gasteiger partial charge in [-0.2, -0.15) is 0 Å². The van der Waals surface area contributed by atoms with Crippen molar-refractivity contribution in [1.29, 1.82) is 0 Å². The minimum Gasteiger partial charge on any atom is -0.493 e. The molecule has 0 spiro atoms. The second-order valence-electron chi connectivity index (χ2n) is 8.52. The Bertz CT molecular complexity index is 706. The topological polar surface area (TPSA) is 83.1 Å². The highest BCUT2D eigenvalue weighted by atomic mass is 16.6. The Morgan fingerprint density at radius 3 is 2.47 bits per heavy atom. The predicted molar refractivity (Wildman–Crippen MR) is 114 cm³/mol. The van der Waals surface area contributed by atoms with E-state index in [9.17, 15) is 9.59 Å². The maximum atomic E-state index is 12.2. The Labute approximate surface area is 179 Å². The van der Waals surface area contributed by atoms with Gasteiger partial charge in [0, 0.05) is 12.5 Å². The van der Waals surface area contributed by atoms with Crippen molar-refractivity contribution >= 4 is 12.1 Å². The number of carbonyl (C=O) groups excluding carboxylic acids is 2. The molecule has 1 N–H and O–H groups in total. The first-order chi connectivity index (χ1) is 14.2. The van der Waals surface area contributed by atoms with Gasteiger partial charge in [0.1, 0.15) is 5.60 Å². The minimum atomic E-state index is -0.594. The fraction of sp³-hybridized carbons (Fsp3) is 0.652. The molecule has 7 nitrogen and oxygen atoms in total. The molecule has 0 bridgehead atoms. The molecule has 7 heteroatoms. The van der Waals surface area contributed by atoms with E-state index in [1.807, 2.05) is 18.2 Å². The first-order valence-electron chi connectivity index (χ1n) is 10.7. The van der Waals surface area contributed by atoms with Crippen LogP contribution in [0.5, 0.6) is 11.5 Å². The van der Waals surface area contributed by atoms with E-state index in [4.69, 9.17) is 18.9 Å². The molecule has 1 saturated carbocycles. The van der Waals surface area contributed by atoms with Gasteiger partial charge in [-0.25, -0.2) is 4.79 Å². The number of ether oxygens (including phenoxy) is 4. The summed E-state index contributed by atoms with van der Waals surface area (Å²) in [4.78, 5) is 24.3. The summed E-state index contributed by atoms with van der Waals surface area (Å²) in [5.41, 5.74) is 0.274. The molecule has 0 heterocycles. The number of alkyl carbamates (subject to hydrolysis) is 1. The van der Waals surface area contributed by atoms with Crippen LogP contribution in [0.4, 0.5) is 4.79 Å². The van der Waals surface area contributed by atoms with E-state index in [-0.39, 0.29) is 31.0 Å². The van der Waals surface area contributed by atoms with Gasteiger partial charge >= 0.3 is 12.1 Å². The molecule has 0 aliphatic heterocycles. The number of rotatable bonds is 9. The molecular weight excluding hydrogens is 386 g/mol. The largest absolute Gasteiger partial charge is 0.493 e. The fourth-order valence-electron chi connectivity index (χ4n) is 3.47. The number of esters is 1. The van der Waals surface area contributed by atoms with Gasteiger partial charge in [0.05, 0.1) is 26.2 Å². The van der Waals surface area contributed by atoms with Crippen LogP contribution in [0, 0.1) is 0 Å². The molecular formula is C23H35NO6. The van der Waals surface area contributed by atoms with Crippen LogP contribution in [0.3, 0.4) is 0 Å². The van der Waals surface area contributed by atoms with E-state index in [0.717, 1.165) is 31.2 Å². The van der Waals surface area contributed by atoms with Crippen LogP contribution in [-0.2, 0) is 14.3 Å². The number of nitrogens with one attached hydrogen (secondary N) is 1. The van der Waals surface area contributed by atoms with Gasteiger partial charge in [-0.15, -0.1) is 0 Å². The highest BCUT2D eigenvalue weighted by Gasteiger charge is 2.23. The maximum absolute atomic E-state index is 12.2. The Hall–Kier alpha value is -2.44. The smallest absolute Gasteiger partial charge is 0.407 e. The quantitative estimate of drug-likeness (QED) is 0.588. The van der Waals surface area contributed by atoms with Crippen molar-refractivity contribution in [1.82, 2.24) is 5.32 Å². The van der Waals surface area contributed by atoms with Gasteiger partial charge in [0.25, 0.3) is 0 Å². The van der Waals surface area contributed by atoms with Crippen LogP contribution in [0.25, 0.3) is 0 Å². The summed E-state index contributed by atoms with van der Waals surface area (Å²) in [6.07, 6.45) is 4.18. The Kier molecular flexibility index (Phi) is 8.81. The Morgan fingerprint density at radius 2 is 1.87 bits per heavy atom. The molecule has 30 heavy (non-hydrogen) atoms. The molecule has 1 aromatic rings. The average Bonchev–Trinajstić information content (AvgIpc) is 3.17. The summed E-state index contributed by atoms with van der Waals surface area (Å²) >= 11 is 0. The second-order valence-corrected chi connectivity index (χ2v) is 8.52. The van der Waals surface area contributed by atoms with Crippen molar-refractivity contribution in [2.24, 2.45) is 0 Å². The molecule has 1 aliphatic carbocycles. The van der Waals surface area contributed by atoms with Crippen LogP contribution in [0.15, 0.2) is 18.2 Å². The van der Waals surface area contributed by atoms with E-state index >= 15 is 0 Å². The third kappa shape index (κ3) is 7.76. The van der Waals surface area contributed by atoms with E-state index in [1.54, 1.807) is 34.8 Å². The van der Waals surface area contributed by atoms with Crippen LogP contribution < -0.4 is 14.8 Å². The third-order valence-electron chi connectivity index (χ3n) is 4.86. The van der Waals surface area contributed by atoms with Gasteiger partial charge in [0.2, 0.25) is 0 Å². The van der Waals surface area contributed by atoms with Crippen LogP contribution in [0.1, 0.15) is 71.3 Å². The van der Waals surface area contributed by atoms with Gasteiger partial charge in [0.15, 0.2) is 11.5 Å². The van der Waals surface area contributed by atoms with E-state index in [1.165, 1.54) is 0 Å². The lowest BCUT2D eigenvalue weighted by molar-refractivity contribution is -0.143. The zero-order valence-corrected chi connectivity index (χ0v) is 18.8. The predicted octanol–water partition coefficient (Wildman–Crippen LogP) is 4.58.